The Morgan fingerprint density at radius 2 is 2.10 bits per heavy atom. The molecule has 108 valence electrons. The molecule has 1 aliphatic heterocycles. The van der Waals surface area contributed by atoms with Gasteiger partial charge in [-0.05, 0) is 25.0 Å². The number of anilines is 1. The number of hydrogen-bond acceptors (Lipinski definition) is 4. The number of thiocarbonyl (C=S) groups is 1. The summed E-state index contributed by atoms with van der Waals surface area (Å²) in [6.45, 7) is 0.731. The molecule has 0 bridgehead atoms. The molecule has 1 fully saturated rings. The second-order valence-corrected chi connectivity index (χ2v) is 5.61. The molecule has 1 amide bonds. The Kier molecular flexibility index (Phi) is 3.47. The maximum atomic E-state index is 11.6. The molecule has 4 N–H and O–H groups in total. The van der Waals surface area contributed by atoms with Crippen molar-refractivity contribution < 1.29 is 4.79 Å². The summed E-state index contributed by atoms with van der Waals surface area (Å²) < 4.78 is 0. The minimum absolute atomic E-state index is 0.276. The minimum atomic E-state index is -0.341. The van der Waals surface area contributed by atoms with Gasteiger partial charge in [-0.25, -0.2) is 4.98 Å². The van der Waals surface area contributed by atoms with Crippen LogP contribution in [0.3, 0.4) is 0 Å². The highest BCUT2D eigenvalue weighted by molar-refractivity contribution is 7.80. The number of carbonyl (C=O) groups excluding carboxylic acids is 1. The zero-order valence-corrected chi connectivity index (χ0v) is 12.3. The molecule has 1 atom stereocenters. The van der Waals surface area contributed by atoms with Gasteiger partial charge < -0.3 is 16.4 Å². The van der Waals surface area contributed by atoms with Crippen molar-refractivity contribution in [3.8, 4) is 0 Å². The fraction of sp³-hybridized carbons (Fsp3) is 0.267. The Morgan fingerprint density at radius 3 is 2.81 bits per heavy atom. The van der Waals surface area contributed by atoms with Gasteiger partial charge in [0.25, 0.3) is 0 Å². The van der Waals surface area contributed by atoms with Gasteiger partial charge in [-0.1, -0.05) is 30.4 Å². The zero-order chi connectivity index (χ0) is 15.0. The van der Waals surface area contributed by atoms with Crippen molar-refractivity contribution >= 4 is 39.8 Å². The van der Waals surface area contributed by atoms with Gasteiger partial charge in [0.15, 0.2) is 0 Å². The smallest absolute Gasteiger partial charge is 0.240 e. The molecular formula is C15H16N4OS. The van der Waals surface area contributed by atoms with E-state index in [1.165, 1.54) is 0 Å². The molecular weight excluding hydrogens is 284 g/mol. The summed E-state index contributed by atoms with van der Waals surface area (Å²) in [6, 6.07) is 9.34. The first-order valence-corrected chi connectivity index (χ1v) is 7.24. The minimum Gasteiger partial charge on any atom is -0.389 e. The van der Waals surface area contributed by atoms with E-state index < -0.39 is 0 Å². The molecule has 1 aliphatic rings. The van der Waals surface area contributed by atoms with Gasteiger partial charge >= 0.3 is 0 Å². The van der Waals surface area contributed by atoms with E-state index >= 15 is 0 Å². The van der Waals surface area contributed by atoms with E-state index in [0.29, 0.717) is 11.4 Å². The fourth-order valence-electron chi connectivity index (χ4n) is 2.82. The molecule has 1 unspecified atom stereocenters. The number of primary amides is 1. The summed E-state index contributed by atoms with van der Waals surface area (Å²) in [5.74, 6) is 0.318. The Hall–Kier alpha value is -2.21. The molecule has 6 heteroatoms. The van der Waals surface area contributed by atoms with E-state index in [4.69, 9.17) is 23.7 Å². The molecule has 2 aromatic rings. The van der Waals surface area contributed by atoms with Crippen molar-refractivity contribution in [2.24, 2.45) is 11.5 Å². The van der Waals surface area contributed by atoms with Gasteiger partial charge in [0.05, 0.1) is 11.1 Å². The highest BCUT2D eigenvalue weighted by Gasteiger charge is 2.32. The van der Waals surface area contributed by atoms with Crippen LogP contribution in [0.25, 0.3) is 10.9 Å². The molecule has 2 heterocycles. The average Bonchev–Trinajstić information content (AvgIpc) is 2.95. The van der Waals surface area contributed by atoms with Gasteiger partial charge in [-0.3, -0.25) is 4.79 Å². The largest absolute Gasteiger partial charge is 0.389 e. The van der Waals surface area contributed by atoms with Crippen molar-refractivity contribution in [2.75, 3.05) is 11.4 Å². The number of rotatable bonds is 3. The summed E-state index contributed by atoms with van der Waals surface area (Å²) >= 11 is 5.15. The second-order valence-electron chi connectivity index (χ2n) is 5.17. The molecule has 0 spiro atoms. The third kappa shape index (κ3) is 2.42. The molecule has 5 nitrogen and oxygen atoms in total. The van der Waals surface area contributed by atoms with Gasteiger partial charge in [-0.15, -0.1) is 0 Å². The van der Waals surface area contributed by atoms with Crippen molar-refractivity contribution in [3.63, 3.8) is 0 Å². The van der Waals surface area contributed by atoms with Crippen LogP contribution in [0.1, 0.15) is 18.4 Å². The number of benzene rings is 1. The summed E-state index contributed by atoms with van der Waals surface area (Å²) in [6.07, 6.45) is 1.64. The van der Waals surface area contributed by atoms with Crippen LogP contribution in [0, 0.1) is 0 Å². The number of hydrogen-bond donors (Lipinski definition) is 2. The standard InChI is InChI=1S/C15H16N4OS/c16-13(20)12-6-3-7-19(12)15-10(14(17)21)8-9-4-1-2-5-11(9)18-15/h1-2,4-5,8,12H,3,6-7H2,(H2,16,20)(H2,17,21). The number of nitrogens with two attached hydrogens (primary N) is 2. The van der Waals surface area contributed by atoms with E-state index in [1.807, 2.05) is 35.2 Å². The quantitative estimate of drug-likeness (QED) is 0.835. The molecule has 21 heavy (non-hydrogen) atoms. The lowest BCUT2D eigenvalue weighted by molar-refractivity contribution is -0.119. The van der Waals surface area contributed by atoms with Crippen molar-refractivity contribution in [3.05, 3.63) is 35.9 Å². The summed E-state index contributed by atoms with van der Waals surface area (Å²) in [4.78, 5) is 18.5. The monoisotopic (exact) mass is 300 g/mol. The molecule has 1 aromatic carbocycles. The third-order valence-electron chi connectivity index (χ3n) is 3.82. The lowest BCUT2D eigenvalue weighted by Gasteiger charge is -2.25. The van der Waals surface area contributed by atoms with E-state index in [0.717, 1.165) is 30.3 Å². The van der Waals surface area contributed by atoms with Crippen LogP contribution < -0.4 is 16.4 Å². The number of para-hydroxylation sites is 1. The maximum absolute atomic E-state index is 11.6. The van der Waals surface area contributed by atoms with Crippen molar-refractivity contribution in [1.82, 2.24) is 4.98 Å². The van der Waals surface area contributed by atoms with E-state index in [2.05, 4.69) is 4.98 Å². The molecule has 3 rings (SSSR count). The molecule has 1 aromatic heterocycles. The first-order chi connectivity index (χ1) is 10.1. The predicted octanol–water partition coefficient (Wildman–Crippen LogP) is 1.32. The second kappa shape index (κ2) is 5.29. The SMILES string of the molecule is NC(=O)C1CCCN1c1nc2ccccc2cc1C(N)=S. The first kappa shape index (κ1) is 13.8. The highest BCUT2D eigenvalue weighted by Crippen LogP contribution is 2.29. The Morgan fingerprint density at radius 1 is 1.33 bits per heavy atom. The van der Waals surface area contributed by atoms with Gasteiger partial charge in [0.1, 0.15) is 16.8 Å². The molecule has 1 saturated heterocycles. The van der Waals surface area contributed by atoms with Crippen LogP contribution in [-0.4, -0.2) is 28.5 Å². The average molecular weight is 300 g/mol. The number of fused-ring (bicyclic) bond motifs is 1. The topological polar surface area (TPSA) is 85.2 Å². The number of carbonyl (C=O) groups is 1. The predicted molar refractivity (Wildman–Crippen MR) is 87.2 cm³/mol. The van der Waals surface area contributed by atoms with E-state index in [9.17, 15) is 4.79 Å². The summed E-state index contributed by atoms with van der Waals surface area (Å²) in [5.41, 5.74) is 12.9. The number of aromatic nitrogens is 1. The van der Waals surface area contributed by atoms with Gasteiger partial charge in [-0.2, -0.15) is 0 Å². The normalized spacial score (nSPS) is 18.1. The summed E-state index contributed by atoms with van der Waals surface area (Å²) in [7, 11) is 0. The number of nitrogens with zero attached hydrogens (tertiary/aromatic N) is 2. The van der Waals surface area contributed by atoms with E-state index in [-0.39, 0.29) is 16.9 Å². The molecule has 0 aliphatic carbocycles. The van der Waals surface area contributed by atoms with Crippen molar-refractivity contribution in [2.45, 2.75) is 18.9 Å². The number of pyridine rings is 1. The van der Waals surface area contributed by atoms with Crippen LogP contribution >= 0.6 is 12.2 Å². The van der Waals surface area contributed by atoms with Gasteiger partial charge in [0.2, 0.25) is 5.91 Å². The highest BCUT2D eigenvalue weighted by atomic mass is 32.1. The summed E-state index contributed by atoms with van der Waals surface area (Å²) in [5, 5.41) is 0.971. The van der Waals surface area contributed by atoms with Gasteiger partial charge in [0, 0.05) is 11.9 Å². The fourth-order valence-corrected chi connectivity index (χ4v) is 2.97. The molecule has 0 saturated carbocycles. The lowest BCUT2D eigenvalue weighted by atomic mass is 10.1. The van der Waals surface area contributed by atoms with Crippen LogP contribution in [-0.2, 0) is 4.79 Å². The van der Waals surface area contributed by atoms with Crippen molar-refractivity contribution in [1.29, 1.82) is 0 Å². The number of amides is 1. The third-order valence-corrected chi connectivity index (χ3v) is 4.04. The van der Waals surface area contributed by atoms with Crippen LogP contribution in [0.15, 0.2) is 30.3 Å². The van der Waals surface area contributed by atoms with Crippen LogP contribution in [0.2, 0.25) is 0 Å². The Labute approximate surface area is 127 Å². The van der Waals surface area contributed by atoms with Crippen LogP contribution in [0.4, 0.5) is 5.82 Å². The maximum Gasteiger partial charge on any atom is 0.240 e. The zero-order valence-electron chi connectivity index (χ0n) is 11.5. The molecule has 0 radical (unpaired) electrons. The van der Waals surface area contributed by atoms with E-state index in [1.54, 1.807) is 0 Å². The Balaban J connectivity index is 2.18. The lowest BCUT2D eigenvalue weighted by Crippen LogP contribution is -2.41. The Bertz CT molecular complexity index is 731. The first-order valence-electron chi connectivity index (χ1n) is 6.83. The van der Waals surface area contributed by atoms with Crippen LogP contribution in [0.5, 0.6) is 0 Å².